The minimum absolute atomic E-state index is 0.230. The summed E-state index contributed by atoms with van der Waals surface area (Å²) in [5.74, 6) is 2.12. The van der Waals surface area contributed by atoms with Gasteiger partial charge in [-0.3, -0.25) is 9.36 Å². The summed E-state index contributed by atoms with van der Waals surface area (Å²) in [6.07, 6.45) is 3.71. The third-order valence-corrected chi connectivity index (χ3v) is 5.95. The second kappa shape index (κ2) is 8.03. The van der Waals surface area contributed by atoms with Gasteiger partial charge in [-0.15, -0.1) is 0 Å². The maximum atomic E-state index is 13.2. The summed E-state index contributed by atoms with van der Waals surface area (Å²) in [7, 11) is 1.31. The Hall–Kier alpha value is -3.40. The molecular formula is C21H18N4O5S. The van der Waals surface area contributed by atoms with Crippen LogP contribution in [0.1, 0.15) is 46.6 Å². The van der Waals surface area contributed by atoms with E-state index in [1.165, 1.54) is 18.9 Å². The predicted octanol–water partition coefficient (Wildman–Crippen LogP) is 3.38. The van der Waals surface area contributed by atoms with Gasteiger partial charge in [0.25, 0.3) is 5.56 Å². The number of hydrogen-bond acceptors (Lipinski definition) is 9. The molecule has 5 rings (SSSR count). The highest BCUT2D eigenvalue weighted by Gasteiger charge is 2.29. The van der Waals surface area contributed by atoms with Crippen molar-refractivity contribution in [3.05, 3.63) is 70.0 Å². The molecule has 3 heterocycles. The first kappa shape index (κ1) is 19.6. The molecule has 0 atom stereocenters. The van der Waals surface area contributed by atoms with Crippen LogP contribution in [0.5, 0.6) is 0 Å². The highest BCUT2D eigenvalue weighted by atomic mass is 32.2. The molecule has 0 amide bonds. The SMILES string of the molecule is COC(=O)c1ccc2c(=O)n(Cc3ccco3)c(SCc3noc(C4CC4)n3)nc2c1. The number of nitrogens with zero attached hydrogens (tertiary/aromatic N) is 4. The fourth-order valence-corrected chi connectivity index (χ4v) is 4.05. The maximum Gasteiger partial charge on any atom is 0.337 e. The molecule has 4 aromatic rings. The number of hydrogen-bond donors (Lipinski definition) is 0. The Bertz CT molecular complexity index is 1310. The number of furan rings is 1. The lowest BCUT2D eigenvalue weighted by Crippen LogP contribution is -2.24. The fourth-order valence-electron chi connectivity index (χ4n) is 3.20. The van der Waals surface area contributed by atoms with Gasteiger partial charge in [0.15, 0.2) is 11.0 Å². The molecule has 0 aliphatic heterocycles. The molecule has 0 saturated heterocycles. The van der Waals surface area contributed by atoms with Crippen LogP contribution in [0.4, 0.5) is 0 Å². The Morgan fingerprint density at radius 1 is 1.29 bits per heavy atom. The summed E-state index contributed by atoms with van der Waals surface area (Å²) in [4.78, 5) is 34.2. The summed E-state index contributed by atoms with van der Waals surface area (Å²) < 4.78 is 17.1. The standard InChI is InChI=1S/C21H18N4O5S/c1-28-20(27)13-6-7-15-16(9-13)22-21(25(19(15)26)10-14-3-2-8-29-14)31-11-17-23-18(30-24-17)12-4-5-12/h2-3,6-9,12H,4-5,10-11H2,1H3. The van der Waals surface area contributed by atoms with E-state index >= 15 is 0 Å². The summed E-state index contributed by atoms with van der Waals surface area (Å²) in [5, 5.41) is 4.90. The number of methoxy groups -OCH3 is 1. The van der Waals surface area contributed by atoms with E-state index in [1.807, 2.05) is 0 Å². The Kier molecular flexibility index (Phi) is 5.06. The van der Waals surface area contributed by atoms with Gasteiger partial charge < -0.3 is 13.7 Å². The quantitative estimate of drug-likeness (QED) is 0.243. The van der Waals surface area contributed by atoms with E-state index in [0.717, 1.165) is 12.8 Å². The van der Waals surface area contributed by atoms with Gasteiger partial charge >= 0.3 is 5.97 Å². The van der Waals surface area contributed by atoms with Crippen LogP contribution in [0.2, 0.25) is 0 Å². The Labute approximate surface area is 180 Å². The van der Waals surface area contributed by atoms with Gasteiger partial charge in [-0.05, 0) is 43.2 Å². The van der Waals surface area contributed by atoms with Crippen LogP contribution in [-0.4, -0.2) is 32.8 Å². The molecule has 1 fully saturated rings. The van der Waals surface area contributed by atoms with Crippen molar-refractivity contribution >= 4 is 28.6 Å². The van der Waals surface area contributed by atoms with Crippen LogP contribution in [0.3, 0.4) is 0 Å². The van der Waals surface area contributed by atoms with E-state index in [4.69, 9.17) is 13.7 Å². The molecule has 3 aromatic heterocycles. The van der Waals surface area contributed by atoms with Gasteiger partial charge in [0.05, 0.1) is 42.1 Å². The van der Waals surface area contributed by atoms with Crippen molar-refractivity contribution in [3.63, 3.8) is 0 Å². The lowest BCUT2D eigenvalue weighted by molar-refractivity contribution is 0.0601. The number of carbonyl (C=O) groups excluding carboxylic acids is 1. The number of carbonyl (C=O) groups is 1. The van der Waals surface area contributed by atoms with Crippen molar-refractivity contribution in [2.24, 2.45) is 0 Å². The third-order valence-electron chi connectivity index (χ3n) is 4.98. The average Bonchev–Trinajstić information content (AvgIpc) is 3.30. The normalized spacial score (nSPS) is 13.6. The first-order valence-electron chi connectivity index (χ1n) is 9.73. The number of thioether (sulfide) groups is 1. The van der Waals surface area contributed by atoms with Gasteiger partial charge in [0.1, 0.15) is 5.76 Å². The molecule has 0 N–H and O–H groups in total. The zero-order chi connectivity index (χ0) is 21.4. The number of rotatable bonds is 7. The average molecular weight is 438 g/mol. The molecule has 9 nitrogen and oxygen atoms in total. The zero-order valence-corrected chi connectivity index (χ0v) is 17.4. The van der Waals surface area contributed by atoms with E-state index in [0.29, 0.717) is 50.8 Å². The van der Waals surface area contributed by atoms with Crippen molar-refractivity contribution in [1.29, 1.82) is 0 Å². The first-order valence-corrected chi connectivity index (χ1v) is 10.7. The van der Waals surface area contributed by atoms with Crippen LogP contribution >= 0.6 is 11.8 Å². The highest BCUT2D eigenvalue weighted by molar-refractivity contribution is 7.98. The Morgan fingerprint density at radius 3 is 2.90 bits per heavy atom. The molecule has 1 saturated carbocycles. The topological polar surface area (TPSA) is 113 Å². The number of esters is 1. The van der Waals surface area contributed by atoms with Crippen LogP contribution in [0.15, 0.2) is 55.5 Å². The lowest BCUT2D eigenvalue weighted by Gasteiger charge is -2.12. The molecule has 0 spiro atoms. The highest BCUT2D eigenvalue weighted by Crippen LogP contribution is 2.39. The van der Waals surface area contributed by atoms with E-state index in [1.54, 1.807) is 41.2 Å². The van der Waals surface area contributed by atoms with E-state index in [-0.39, 0.29) is 12.1 Å². The summed E-state index contributed by atoms with van der Waals surface area (Å²) >= 11 is 1.33. The van der Waals surface area contributed by atoms with Crippen LogP contribution in [-0.2, 0) is 17.0 Å². The molecule has 10 heteroatoms. The molecule has 0 radical (unpaired) electrons. The van der Waals surface area contributed by atoms with E-state index in [9.17, 15) is 9.59 Å². The van der Waals surface area contributed by atoms with Crippen LogP contribution in [0.25, 0.3) is 10.9 Å². The smallest absolute Gasteiger partial charge is 0.337 e. The lowest BCUT2D eigenvalue weighted by atomic mass is 10.1. The third kappa shape index (κ3) is 3.98. The van der Waals surface area contributed by atoms with E-state index in [2.05, 4.69) is 15.1 Å². The van der Waals surface area contributed by atoms with Gasteiger partial charge in [-0.1, -0.05) is 16.9 Å². The molecule has 31 heavy (non-hydrogen) atoms. The summed E-state index contributed by atoms with van der Waals surface area (Å²) in [6.45, 7) is 0.232. The van der Waals surface area contributed by atoms with Crippen LogP contribution < -0.4 is 5.56 Å². The Morgan fingerprint density at radius 2 is 2.16 bits per heavy atom. The van der Waals surface area contributed by atoms with Crippen molar-refractivity contribution in [2.75, 3.05) is 7.11 Å². The van der Waals surface area contributed by atoms with Crippen molar-refractivity contribution < 1.29 is 18.5 Å². The molecule has 0 unspecified atom stereocenters. The zero-order valence-electron chi connectivity index (χ0n) is 16.6. The molecule has 1 aromatic carbocycles. The second-order valence-electron chi connectivity index (χ2n) is 7.20. The molecule has 1 aliphatic carbocycles. The van der Waals surface area contributed by atoms with Gasteiger partial charge in [-0.2, -0.15) is 4.98 Å². The van der Waals surface area contributed by atoms with E-state index < -0.39 is 5.97 Å². The molecule has 0 bridgehead atoms. The van der Waals surface area contributed by atoms with Crippen molar-refractivity contribution in [3.8, 4) is 0 Å². The van der Waals surface area contributed by atoms with Crippen molar-refractivity contribution in [1.82, 2.24) is 19.7 Å². The molecule has 158 valence electrons. The number of fused-ring (bicyclic) bond motifs is 1. The fraction of sp³-hybridized carbons (Fsp3) is 0.286. The number of benzene rings is 1. The minimum Gasteiger partial charge on any atom is -0.467 e. The van der Waals surface area contributed by atoms with Gasteiger partial charge in [0.2, 0.25) is 5.89 Å². The molecular weight excluding hydrogens is 420 g/mol. The second-order valence-corrected chi connectivity index (χ2v) is 8.14. The van der Waals surface area contributed by atoms with Gasteiger partial charge in [-0.25, -0.2) is 9.78 Å². The monoisotopic (exact) mass is 438 g/mol. The summed E-state index contributed by atoms with van der Waals surface area (Å²) in [6, 6.07) is 8.27. The van der Waals surface area contributed by atoms with Crippen molar-refractivity contribution in [2.45, 2.75) is 36.2 Å². The Balaban J connectivity index is 1.52. The molecule has 1 aliphatic rings. The van der Waals surface area contributed by atoms with Crippen LogP contribution in [0, 0.1) is 0 Å². The number of aromatic nitrogens is 4. The first-order chi connectivity index (χ1) is 15.1. The predicted molar refractivity (Wildman–Crippen MR) is 111 cm³/mol. The van der Waals surface area contributed by atoms with Gasteiger partial charge in [0, 0.05) is 5.92 Å². The largest absolute Gasteiger partial charge is 0.467 e. The summed E-state index contributed by atoms with van der Waals surface area (Å²) in [5.41, 5.74) is 0.513. The minimum atomic E-state index is -0.489. The number of ether oxygens (including phenoxy) is 1. The maximum absolute atomic E-state index is 13.2.